The summed E-state index contributed by atoms with van der Waals surface area (Å²) in [6.45, 7) is 3.09. The average molecular weight is 244 g/mol. The Hall–Kier alpha value is -0.610. The van der Waals surface area contributed by atoms with E-state index in [9.17, 15) is 9.90 Å². The van der Waals surface area contributed by atoms with Crippen molar-refractivity contribution < 1.29 is 9.90 Å². The van der Waals surface area contributed by atoms with Crippen LogP contribution in [0.4, 0.5) is 0 Å². The summed E-state index contributed by atoms with van der Waals surface area (Å²) < 4.78 is 0. The normalized spacial score (nSPS) is 12.4. The number of unbranched alkanes of at least 4 members (excludes halogenated alkanes) is 4. The second kappa shape index (κ2) is 11.9. The van der Waals surface area contributed by atoms with Gasteiger partial charge in [-0.2, -0.15) is 0 Å². The third-order valence-electron chi connectivity index (χ3n) is 2.78. The van der Waals surface area contributed by atoms with Crippen molar-refractivity contribution in [1.29, 1.82) is 0 Å². The van der Waals surface area contributed by atoms with Crippen LogP contribution in [0, 0.1) is 0 Å². The maximum absolute atomic E-state index is 11.2. The molecular formula is C13H28N2O2. The van der Waals surface area contributed by atoms with Crippen molar-refractivity contribution in [2.75, 3.05) is 13.1 Å². The molecule has 0 rings (SSSR count). The fourth-order valence-corrected chi connectivity index (χ4v) is 1.67. The molecule has 17 heavy (non-hydrogen) atoms. The van der Waals surface area contributed by atoms with Crippen LogP contribution >= 0.6 is 0 Å². The van der Waals surface area contributed by atoms with Gasteiger partial charge in [0.05, 0.1) is 6.10 Å². The zero-order chi connectivity index (χ0) is 12.9. The van der Waals surface area contributed by atoms with E-state index in [1.54, 1.807) is 0 Å². The van der Waals surface area contributed by atoms with Crippen LogP contribution in [0.5, 0.6) is 0 Å². The molecule has 1 atom stereocenters. The molecule has 0 aliphatic carbocycles. The Labute approximate surface area is 105 Å². The molecular weight excluding hydrogens is 216 g/mol. The van der Waals surface area contributed by atoms with Gasteiger partial charge in [-0.15, -0.1) is 0 Å². The number of nitrogens with two attached hydrogens (primary N) is 1. The number of aliphatic hydroxyl groups excluding tert-OH is 1. The van der Waals surface area contributed by atoms with Crippen molar-refractivity contribution >= 4 is 5.91 Å². The first-order valence-electron chi connectivity index (χ1n) is 6.85. The smallest absolute Gasteiger partial charge is 0.220 e. The van der Waals surface area contributed by atoms with Crippen LogP contribution in [-0.4, -0.2) is 30.2 Å². The minimum absolute atomic E-state index is 0.0134. The van der Waals surface area contributed by atoms with Crippen LogP contribution in [0.2, 0.25) is 0 Å². The highest BCUT2D eigenvalue weighted by Gasteiger charge is 2.06. The molecule has 0 saturated heterocycles. The second-order valence-corrected chi connectivity index (χ2v) is 4.55. The van der Waals surface area contributed by atoms with Crippen molar-refractivity contribution in [3.05, 3.63) is 0 Å². The number of hydrogen-bond acceptors (Lipinski definition) is 3. The third kappa shape index (κ3) is 11.6. The molecule has 102 valence electrons. The number of carbonyl (C=O) groups excluding carboxylic acids is 1. The topological polar surface area (TPSA) is 75.3 Å². The Morgan fingerprint density at radius 1 is 1.24 bits per heavy atom. The quantitative estimate of drug-likeness (QED) is 0.483. The highest BCUT2D eigenvalue weighted by molar-refractivity contribution is 5.75. The summed E-state index contributed by atoms with van der Waals surface area (Å²) in [6.07, 6.45) is 7.50. The second-order valence-electron chi connectivity index (χ2n) is 4.55. The Morgan fingerprint density at radius 3 is 2.59 bits per heavy atom. The van der Waals surface area contributed by atoms with Gasteiger partial charge in [0.25, 0.3) is 0 Å². The molecule has 1 unspecified atom stereocenters. The van der Waals surface area contributed by atoms with Gasteiger partial charge in [-0.3, -0.25) is 4.79 Å². The number of aliphatic hydroxyl groups is 1. The molecule has 0 spiro atoms. The molecule has 1 amide bonds. The predicted octanol–water partition coefficient (Wildman–Crippen LogP) is 1.56. The number of amides is 1. The molecule has 0 bridgehead atoms. The molecule has 4 nitrogen and oxygen atoms in total. The maximum atomic E-state index is 11.2. The zero-order valence-corrected chi connectivity index (χ0v) is 11.1. The van der Waals surface area contributed by atoms with E-state index in [1.165, 1.54) is 25.7 Å². The summed E-state index contributed by atoms with van der Waals surface area (Å²) in [5.74, 6) is -0.0134. The van der Waals surface area contributed by atoms with Gasteiger partial charge in [-0.05, 0) is 19.4 Å². The van der Waals surface area contributed by atoms with Crippen LogP contribution in [0.3, 0.4) is 0 Å². The van der Waals surface area contributed by atoms with Crippen LogP contribution in [0.25, 0.3) is 0 Å². The summed E-state index contributed by atoms with van der Waals surface area (Å²) in [5, 5.41) is 12.4. The molecule has 0 radical (unpaired) electrons. The van der Waals surface area contributed by atoms with Gasteiger partial charge in [0, 0.05) is 13.0 Å². The van der Waals surface area contributed by atoms with E-state index in [2.05, 4.69) is 12.2 Å². The number of hydrogen-bond donors (Lipinski definition) is 3. The van der Waals surface area contributed by atoms with Crippen LogP contribution in [0.1, 0.15) is 58.3 Å². The van der Waals surface area contributed by atoms with Gasteiger partial charge in [-0.25, -0.2) is 0 Å². The lowest BCUT2D eigenvalue weighted by Gasteiger charge is -2.11. The van der Waals surface area contributed by atoms with Gasteiger partial charge in [0.1, 0.15) is 0 Å². The Bertz CT molecular complexity index is 186. The van der Waals surface area contributed by atoms with E-state index >= 15 is 0 Å². The molecule has 4 N–H and O–H groups in total. The van der Waals surface area contributed by atoms with Crippen LogP contribution < -0.4 is 11.1 Å². The lowest BCUT2D eigenvalue weighted by Crippen LogP contribution is -2.32. The van der Waals surface area contributed by atoms with E-state index in [0.717, 1.165) is 12.8 Å². The lowest BCUT2D eigenvalue weighted by molar-refractivity contribution is -0.121. The Balaban J connectivity index is 3.33. The third-order valence-corrected chi connectivity index (χ3v) is 2.78. The van der Waals surface area contributed by atoms with Gasteiger partial charge >= 0.3 is 0 Å². The summed E-state index contributed by atoms with van der Waals surface area (Å²) in [5.41, 5.74) is 5.31. The first kappa shape index (κ1) is 16.4. The number of nitrogens with one attached hydrogen (secondary N) is 1. The Kier molecular flexibility index (Phi) is 11.4. The summed E-state index contributed by atoms with van der Waals surface area (Å²) >= 11 is 0. The molecule has 0 aromatic carbocycles. The van der Waals surface area contributed by atoms with Gasteiger partial charge in [0.2, 0.25) is 5.91 Å². The highest BCUT2D eigenvalue weighted by atomic mass is 16.3. The van der Waals surface area contributed by atoms with Crippen molar-refractivity contribution in [2.24, 2.45) is 5.73 Å². The lowest BCUT2D eigenvalue weighted by atomic mass is 10.1. The fraction of sp³-hybridized carbons (Fsp3) is 0.923. The summed E-state index contributed by atoms with van der Waals surface area (Å²) in [4.78, 5) is 11.2. The zero-order valence-electron chi connectivity index (χ0n) is 11.1. The molecule has 0 saturated carbocycles. The average Bonchev–Trinajstić information content (AvgIpc) is 2.33. The number of carbonyl (C=O) groups is 1. The minimum atomic E-state index is -0.404. The van der Waals surface area contributed by atoms with E-state index in [4.69, 9.17) is 5.73 Å². The molecule has 0 aromatic rings. The standard InChI is InChI=1S/C13H28N2O2/c1-2-3-4-5-6-8-12(16)11-15-13(17)9-7-10-14/h12,16H,2-11,14H2,1H3,(H,15,17). The monoisotopic (exact) mass is 244 g/mol. The van der Waals surface area contributed by atoms with Gasteiger partial charge in [0.15, 0.2) is 0 Å². The maximum Gasteiger partial charge on any atom is 0.220 e. The Morgan fingerprint density at radius 2 is 1.94 bits per heavy atom. The SMILES string of the molecule is CCCCCCCC(O)CNC(=O)CCCN. The first-order valence-corrected chi connectivity index (χ1v) is 6.85. The molecule has 4 heteroatoms. The van der Waals surface area contributed by atoms with E-state index in [1.807, 2.05) is 0 Å². The largest absolute Gasteiger partial charge is 0.391 e. The van der Waals surface area contributed by atoms with Gasteiger partial charge in [-0.1, -0.05) is 39.0 Å². The predicted molar refractivity (Wildman–Crippen MR) is 70.7 cm³/mol. The van der Waals surface area contributed by atoms with Gasteiger partial charge < -0.3 is 16.2 Å². The van der Waals surface area contributed by atoms with Crippen molar-refractivity contribution in [1.82, 2.24) is 5.32 Å². The van der Waals surface area contributed by atoms with Crippen LogP contribution in [-0.2, 0) is 4.79 Å². The van der Waals surface area contributed by atoms with Crippen LogP contribution in [0.15, 0.2) is 0 Å². The van der Waals surface area contributed by atoms with E-state index in [-0.39, 0.29) is 5.91 Å². The fourth-order valence-electron chi connectivity index (χ4n) is 1.67. The van der Waals surface area contributed by atoms with E-state index < -0.39 is 6.10 Å². The van der Waals surface area contributed by atoms with Crippen molar-refractivity contribution in [3.63, 3.8) is 0 Å². The number of rotatable bonds is 11. The minimum Gasteiger partial charge on any atom is -0.391 e. The molecule has 0 fully saturated rings. The first-order chi connectivity index (χ1) is 8.20. The molecule has 0 aliphatic heterocycles. The van der Waals surface area contributed by atoms with E-state index in [0.29, 0.717) is 25.9 Å². The van der Waals surface area contributed by atoms with Crippen molar-refractivity contribution in [2.45, 2.75) is 64.4 Å². The molecule has 0 heterocycles. The summed E-state index contributed by atoms with van der Waals surface area (Å²) in [6, 6.07) is 0. The highest BCUT2D eigenvalue weighted by Crippen LogP contribution is 2.06. The van der Waals surface area contributed by atoms with Crippen molar-refractivity contribution in [3.8, 4) is 0 Å². The molecule has 0 aliphatic rings. The summed E-state index contributed by atoms with van der Waals surface area (Å²) in [7, 11) is 0. The molecule has 0 aromatic heterocycles.